The fourth-order valence-electron chi connectivity index (χ4n) is 2.94. The summed E-state index contributed by atoms with van der Waals surface area (Å²) in [6.45, 7) is -2.64. The highest BCUT2D eigenvalue weighted by molar-refractivity contribution is 9.10. The van der Waals surface area contributed by atoms with Gasteiger partial charge in [0.25, 0.3) is 5.91 Å². The molecule has 156 valence electrons. The lowest BCUT2D eigenvalue weighted by Crippen LogP contribution is -2.48. The summed E-state index contributed by atoms with van der Waals surface area (Å²) in [6.07, 6.45) is -4.61. The number of benzene rings is 2. The Bertz CT molecular complexity index is 1000. The number of amides is 2. The van der Waals surface area contributed by atoms with Gasteiger partial charge in [-0.15, -0.1) is 0 Å². The van der Waals surface area contributed by atoms with Crippen LogP contribution in [0.4, 0.5) is 18.9 Å². The van der Waals surface area contributed by atoms with Crippen molar-refractivity contribution in [3.05, 3.63) is 58.1 Å². The molecule has 0 aromatic heterocycles. The van der Waals surface area contributed by atoms with E-state index in [0.29, 0.717) is 31.9 Å². The van der Waals surface area contributed by atoms with Crippen LogP contribution in [0, 0.1) is 11.3 Å². The normalized spacial score (nSPS) is 13.3. The number of anilines is 1. The molecule has 0 unspecified atom stereocenters. The van der Waals surface area contributed by atoms with Crippen molar-refractivity contribution in [2.24, 2.45) is 0 Å². The van der Waals surface area contributed by atoms with Crippen molar-refractivity contribution in [1.29, 1.82) is 5.26 Å². The molecular weight excluding hydrogens is 467 g/mol. The summed E-state index contributed by atoms with van der Waals surface area (Å²) >= 11 is 3.28. The van der Waals surface area contributed by atoms with Crippen LogP contribution in [0.2, 0.25) is 0 Å². The maximum absolute atomic E-state index is 13.1. The van der Waals surface area contributed by atoms with E-state index >= 15 is 0 Å². The minimum absolute atomic E-state index is 0.310. The summed E-state index contributed by atoms with van der Waals surface area (Å²) in [5.41, 5.74) is 1.10. The Kier molecular flexibility index (Phi) is 6.31. The van der Waals surface area contributed by atoms with Crippen molar-refractivity contribution in [2.75, 3.05) is 24.6 Å². The van der Waals surface area contributed by atoms with Gasteiger partial charge in [-0.05, 0) is 35.9 Å². The monoisotopic (exact) mass is 481 g/mol. The van der Waals surface area contributed by atoms with Crippen molar-refractivity contribution < 1.29 is 27.5 Å². The van der Waals surface area contributed by atoms with Crippen LogP contribution in [-0.2, 0) is 16.1 Å². The van der Waals surface area contributed by atoms with Gasteiger partial charge in [0.15, 0.2) is 6.61 Å². The van der Waals surface area contributed by atoms with E-state index in [0.717, 1.165) is 4.90 Å². The van der Waals surface area contributed by atoms with Crippen LogP contribution in [0.25, 0.3) is 0 Å². The topological polar surface area (TPSA) is 73.6 Å². The van der Waals surface area contributed by atoms with Crippen LogP contribution < -0.4 is 9.64 Å². The van der Waals surface area contributed by atoms with E-state index in [1.165, 1.54) is 24.3 Å². The molecule has 0 bridgehead atoms. The summed E-state index contributed by atoms with van der Waals surface area (Å²) in [5, 5.41) is 8.84. The molecule has 0 spiro atoms. The predicted molar refractivity (Wildman–Crippen MR) is 105 cm³/mol. The molecule has 10 heteroatoms. The summed E-state index contributed by atoms with van der Waals surface area (Å²) < 4.78 is 45.3. The van der Waals surface area contributed by atoms with Gasteiger partial charge in [-0.25, -0.2) is 0 Å². The van der Waals surface area contributed by atoms with Gasteiger partial charge in [0.1, 0.15) is 18.8 Å². The number of alkyl halides is 3. The molecule has 0 aliphatic carbocycles. The Balaban J connectivity index is 1.82. The molecule has 2 aromatic carbocycles. The van der Waals surface area contributed by atoms with E-state index in [1.807, 2.05) is 6.07 Å². The van der Waals surface area contributed by atoms with Gasteiger partial charge in [-0.2, -0.15) is 18.4 Å². The molecule has 0 saturated carbocycles. The minimum atomic E-state index is -4.61. The van der Waals surface area contributed by atoms with Crippen molar-refractivity contribution in [1.82, 2.24) is 4.90 Å². The number of carbonyl (C=O) groups is 2. The van der Waals surface area contributed by atoms with Crippen LogP contribution in [0.5, 0.6) is 5.75 Å². The van der Waals surface area contributed by atoms with Gasteiger partial charge >= 0.3 is 6.18 Å². The zero-order chi connectivity index (χ0) is 21.9. The molecule has 0 saturated heterocycles. The number of ether oxygens (including phenoxy) is 1. The smallest absolute Gasteiger partial charge is 0.406 e. The third-order valence-corrected chi connectivity index (χ3v) is 4.83. The number of rotatable bonds is 5. The molecule has 6 nitrogen and oxygen atoms in total. The number of nitriles is 1. The number of fused-ring (bicyclic) bond motifs is 1. The highest BCUT2D eigenvalue weighted by atomic mass is 79.9. The molecule has 0 radical (unpaired) electrons. The lowest BCUT2D eigenvalue weighted by molar-refractivity contribution is -0.161. The Hall–Kier alpha value is -3.06. The Morgan fingerprint density at radius 2 is 1.93 bits per heavy atom. The first-order valence-electron chi connectivity index (χ1n) is 8.72. The average molecular weight is 482 g/mol. The summed E-state index contributed by atoms with van der Waals surface area (Å²) in [6, 6.07) is 12.6. The second-order valence-corrected chi connectivity index (χ2v) is 7.47. The third kappa shape index (κ3) is 5.30. The number of hydrogen-bond acceptors (Lipinski definition) is 4. The quantitative estimate of drug-likeness (QED) is 0.653. The SMILES string of the molecule is N#Cc1ccc(CN(CC(F)(F)F)C(=O)CN2C(=O)COc3cc(Br)ccc32)cc1. The summed E-state index contributed by atoms with van der Waals surface area (Å²) in [4.78, 5) is 26.8. The van der Waals surface area contributed by atoms with Crippen molar-refractivity contribution in [3.63, 3.8) is 0 Å². The largest absolute Gasteiger partial charge is 0.482 e. The highest BCUT2D eigenvalue weighted by Gasteiger charge is 2.35. The van der Waals surface area contributed by atoms with Crippen molar-refractivity contribution in [3.8, 4) is 11.8 Å². The Morgan fingerprint density at radius 1 is 1.23 bits per heavy atom. The number of carbonyl (C=O) groups excluding carboxylic acids is 2. The van der Waals surface area contributed by atoms with E-state index in [-0.39, 0.29) is 13.2 Å². The molecule has 0 N–H and O–H groups in total. The van der Waals surface area contributed by atoms with Crippen LogP contribution in [0.3, 0.4) is 0 Å². The molecule has 0 atom stereocenters. The molecule has 3 rings (SSSR count). The van der Waals surface area contributed by atoms with Crippen LogP contribution >= 0.6 is 15.9 Å². The lowest BCUT2D eigenvalue weighted by Gasteiger charge is -2.31. The molecule has 30 heavy (non-hydrogen) atoms. The molecule has 2 amide bonds. The Morgan fingerprint density at radius 3 is 2.57 bits per heavy atom. The third-order valence-electron chi connectivity index (χ3n) is 4.34. The molecular formula is C20H15BrF3N3O3. The summed E-state index contributed by atoms with van der Waals surface area (Å²) in [5.74, 6) is -1.03. The average Bonchev–Trinajstić information content (AvgIpc) is 2.69. The van der Waals surface area contributed by atoms with Crippen molar-refractivity contribution >= 4 is 33.4 Å². The fraction of sp³-hybridized carbons (Fsp3) is 0.250. The van der Waals surface area contributed by atoms with E-state index in [2.05, 4.69) is 15.9 Å². The second-order valence-electron chi connectivity index (χ2n) is 6.55. The van der Waals surface area contributed by atoms with E-state index < -0.39 is 31.1 Å². The standard InChI is InChI=1S/C20H15BrF3N3O3/c21-15-5-6-16-17(7-15)30-11-19(29)27(16)10-18(28)26(12-20(22,23)24)9-14-3-1-13(8-25)2-4-14/h1-7H,9-12H2. The molecule has 1 heterocycles. The molecule has 2 aromatic rings. The maximum atomic E-state index is 13.1. The van der Waals surface area contributed by atoms with Gasteiger partial charge in [0.2, 0.25) is 5.91 Å². The lowest BCUT2D eigenvalue weighted by atomic mass is 10.1. The minimum Gasteiger partial charge on any atom is -0.482 e. The molecule has 0 fully saturated rings. The number of hydrogen-bond donors (Lipinski definition) is 0. The van der Waals surface area contributed by atoms with Gasteiger partial charge in [-0.3, -0.25) is 14.5 Å². The fourth-order valence-corrected chi connectivity index (χ4v) is 3.28. The summed E-state index contributed by atoms with van der Waals surface area (Å²) in [7, 11) is 0. The molecule has 1 aliphatic heterocycles. The zero-order valence-corrected chi connectivity index (χ0v) is 17.0. The first-order chi connectivity index (χ1) is 14.2. The maximum Gasteiger partial charge on any atom is 0.406 e. The highest BCUT2D eigenvalue weighted by Crippen LogP contribution is 2.34. The first kappa shape index (κ1) is 21.6. The molecule has 1 aliphatic rings. The number of halogens is 4. The van der Waals surface area contributed by atoms with Gasteiger partial charge in [-0.1, -0.05) is 28.1 Å². The van der Waals surface area contributed by atoms with Crippen molar-refractivity contribution in [2.45, 2.75) is 12.7 Å². The predicted octanol–water partition coefficient (Wildman–Crippen LogP) is 3.64. The second kappa shape index (κ2) is 8.75. The van der Waals surface area contributed by atoms with Gasteiger partial charge < -0.3 is 9.64 Å². The Labute approximate surface area is 178 Å². The number of nitrogens with zero attached hydrogens (tertiary/aromatic N) is 3. The van der Waals surface area contributed by atoms with Gasteiger partial charge in [0, 0.05) is 11.0 Å². The van der Waals surface area contributed by atoms with E-state index in [4.69, 9.17) is 10.00 Å². The first-order valence-corrected chi connectivity index (χ1v) is 9.52. The van der Waals surface area contributed by atoms with Crippen LogP contribution in [-0.4, -0.2) is 42.6 Å². The van der Waals surface area contributed by atoms with E-state index in [9.17, 15) is 22.8 Å². The van der Waals surface area contributed by atoms with Crippen LogP contribution in [0.15, 0.2) is 46.9 Å². The van der Waals surface area contributed by atoms with Crippen LogP contribution in [0.1, 0.15) is 11.1 Å². The van der Waals surface area contributed by atoms with Gasteiger partial charge in [0.05, 0.1) is 17.3 Å². The van der Waals surface area contributed by atoms with E-state index in [1.54, 1.807) is 18.2 Å². The zero-order valence-electron chi connectivity index (χ0n) is 15.4.